The number of anilines is 2. The van der Waals surface area contributed by atoms with Crippen molar-refractivity contribution in [3.05, 3.63) is 40.4 Å². The molecule has 0 radical (unpaired) electrons. The average molecular weight is 288 g/mol. The molecule has 0 aliphatic carbocycles. The third kappa shape index (κ3) is 2.81. The molecule has 1 aliphatic heterocycles. The Labute approximate surface area is 121 Å². The van der Waals surface area contributed by atoms with E-state index in [2.05, 4.69) is 15.2 Å². The smallest absolute Gasteiger partial charge is 0.238 e. The van der Waals surface area contributed by atoms with E-state index >= 15 is 0 Å². The molecule has 6 heteroatoms. The van der Waals surface area contributed by atoms with E-state index in [9.17, 15) is 4.79 Å². The first-order valence-electron chi connectivity index (χ1n) is 6.43. The quantitative estimate of drug-likeness (QED) is 0.906. The number of nitrogens with zero attached hydrogens (tertiary/aromatic N) is 2. The third-order valence-electron chi connectivity index (χ3n) is 3.20. The highest BCUT2D eigenvalue weighted by atomic mass is 32.1. The maximum absolute atomic E-state index is 12.0. The molecular weight excluding hydrogens is 272 g/mol. The van der Waals surface area contributed by atoms with Gasteiger partial charge in [0.1, 0.15) is 0 Å². The number of fused-ring (bicyclic) bond motifs is 1. The summed E-state index contributed by atoms with van der Waals surface area (Å²) in [5, 5.41) is 3.53. The molecule has 3 rings (SSSR count). The van der Waals surface area contributed by atoms with Crippen LogP contribution in [0, 0.1) is 6.92 Å². The molecule has 1 aliphatic rings. The zero-order valence-corrected chi connectivity index (χ0v) is 12.0. The molecule has 104 valence electrons. The van der Waals surface area contributed by atoms with Crippen LogP contribution in [0.15, 0.2) is 24.3 Å². The molecule has 20 heavy (non-hydrogen) atoms. The van der Waals surface area contributed by atoms with Gasteiger partial charge in [-0.05, 0) is 24.6 Å². The average Bonchev–Trinajstić information content (AvgIpc) is 2.85. The van der Waals surface area contributed by atoms with Crippen LogP contribution in [0.25, 0.3) is 0 Å². The normalized spacial score (nSPS) is 14.2. The fourth-order valence-electron chi connectivity index (χ4n) is 2.36. The number of carbonyl (C=O) groups is 1. The maximum atomic E-state index is 12.0. The molecule has 0 fully saturated rings. The van der Waals surface area contributed by atoms with Crippen molar-refractivity contribution in [1.29, 1.82) is 0 Å². The van der Waals surface area contributed by atoms with E-state index in [-0.39, 0.29) is 5.91 Å². The van der Waals surface area contributed by atoms with Gasteiger partial charge in [-0.15, -0.1) is 11.3 Å². The summed E-state index contributed by atoms with van der Waals surface area (Å²) in [7, 11) is 0. The summed E-state index contributed by atoms with van der Waals surface area (Å²) < 4.78 is 0. The van der Waals surface area contributed by atoms with E-state index in [1.165, 1.54) is 16.2 Å². The molecule has 5 nitrogen and oxygen atoms in total. The number of thiazole rings is 1. The number of amides is 1. The van der Waals surface area contributed by atoms with E-state index < -0.39 is 0 Å². The fraction of sp³-hybridized carbons (Fsp3) is 0.286. The minimum atomic E-state index is -0.00118. The van der Waals surface area contributed by atoms with Gasteiger partial charge in [-0.3, -0.25) is 9.69 Å². The second-order valence-corrected chi connectivity index (χ2v) is 6.10. The molecule has 2 aromatic rings. The van der Waals surface area contributed by atoms with E-state index in [1.54, 1.807) is 0 Å². The maximum Gasteiger partial charge on any atom is 0.238 e. The van der Waals surface area contributed by atoms with Gasteiger partial charge >= 0.3 is 0 Å². The summed E-state index contributed by atoms with van der Waals surface area (Å²) in [6.45, 7) is 3.83. The van der Waals surface area contributed by atoms with Gasteiger partial charge in [-0.2, -0.15) is 0 Å². The topological polar surface area (TPSA) is 71.2 Å². The van der Waals surface area contributed by atoms with Gasteiger partial charge in [-0.25, -0.2) is 4.98 Å². The van der Waals surface area contributed by atoms with Gasteiger partial charge in [0.15, 0.2) is 5.13 Å². The second-order valence-electron chi connectivity index (χ2n) is 4.98. The Morgan fingerprint density at radius 2 is 2.35 bits per heavy atom. The minimum Gasteiger partial charge on any atom is -0.375 e. The summed E-state index contributed by atoms with van der Waals surface area (Å²) in [4.78, 5) is 19.5. The highest BCUT2D eigenvalue weighted by molar-refractivity contribution is 7.15. The second kappa shape index (κ2) is 5.22. The van der Waals surface area contributed by atoms with Gasteiger partial charge in [0.2, 0.25) is 5.91 Å². The number of nitrogens with one attached hydrogen (secondary N) is 1. The molecular formula is C14H16N4OS. The first-order valence-corrected chi connectivity index (χ1v) is 7.25. The first-order chi connectivity index (χ1) is 9.60. The van der Waals surface area contributed by atoms with E-state index in [0.717, 1.165) is 23.5 Å². The van der Waals surface area contributed by atoms with Crippen LogP contribution < -0.4 is 11.1 Å². The van der Waals surface area contributed by atoms with E-state index in [4.69, 9.17) is 5.73 Å². The first kappa shape index (κ1) is 13.1. The van der Waals surface area contributed by atoms with Crippen LogP contribution in [0.2, 0.25) is 0 Å². The molecule has 0 unspecified atom stereocenters. The van der Waals surface area contributed by atoms with Gasteiger partial charge in [0.05, 0.1) is 12.2 Å². The predicted molar refractivity (Wildman–Crippen MR) is 80.4 cm³/mol. The Bertz CT molecular complexity index is 629. The third-order valence-corrected chi connectivity index (χ3v) is 4.12. The van der Waals surface area contributed by atoms with Crippen LogP contribution in [0.1, 0.15) is 16.1 Å². The van der Waals surface area contributed by atoms with Gasteiger partial charge < -0.3 is 11.1 Å². The van der Waals surface area contributed by atoms with Crippen molar-refractivity contribution in [2.75, 3.05) is 17.6 Å². The molecule has 1 amide bonds. The number of hydrogen-bond acceptors (Lipinski definition) is 5. The largest absolute Gasteiger partial charge is 0.375 e. The number of aryl methyl sites for hydroxylation is 1. The zero-order valence-electron chi connectivity index (χ0n) is 11.2. The van der Waals surface area contributed by atoms with Crippen LogP contribution in [-0.4, -0.2) is 22.3 Å². The van der Waals surface area contributed by atoms with Gasteiger partial charge in [0, 0.05) is 23.7 Å². The molecule has 0 saturated heterocycles. The Balaban J connectivity index is 1.57. The number of benzene rings is 1. The van der Waals surface area contributed by atoms with Crippen molar-refractivity contribution in [3.63, 3.8) is 0 Å². The Morgan fingerprint density at radius 3 is 3.10 bits per heavy atom. The standard InChI is InChI=1S/C14H16N4OS/c1-9-3-2-4-10(5-9)16-13(19)8-18-6-11-12(7-18)20-14(15)17-11/h2-5H,6-8H2,1H3,(H2,15,17)(H,16,19). The van der Waals surface area contributed by atoms with Crippen molar-refractivity contribution in [3.8, 4) is 0 Å². The molecule has 0 bridgehead atoms. The number of nitrogen functional groups attached to an aromatic ring is 1. The molecule has 1 aromatic carbocycles. The highest BCUT2D eigenvalue weighted by Crippen LogP contribution is 2.29. The SMILES string of the molecule is Cc1cccc(NC(=O)CN2Cc3nc(N)sc3C2)c1. The minimum absolute atomic E-state index is 0.00118. The van der Waals surface area contributed by atoms with Crippen molar-refractivity contribution in [2.45, 2.75) is 20.0 Å². The van der Waals surface area contributed by atoms with Crippen LogP contribution >= 0.6 is 11.3 Å². The molecule has 3 N–H and O–H groups in total. The van der Waals surface area contributed by atoms with Crippen molar-refractivity contribution < 1.29 is 4.79 Å². The molecule has 0 atom stereocenters. The van der Waals surface area contributed by atoms with Crippen molar-refractivity contribution in [1.82, 2.24) is 9.88 Å². The van der Waals surface area contributed by atoms with Crippen molar-refractivity contribution >= 4 is 28.1 Å². The summed E-state index contributed by atoms with van der Waals surface area (Å²) in [6.07, 6.45) is 0. The number of aromatic nitrogens is 1. The lowest BCUT2D eigenvalue weighted by molar-refractivity contribution is -0.117. The Hall–Kier alpha value is -1.92. The lowest BCUT2D eigenvalue weighted by Gasteiger charge is -2.14. The summed E-state index contributed by atoms with van der Waals surface area (Å²) in [5.74, 6) is -0.00118. The van der Waals surface area contributed by atoms with E-state index in [0.29, 0.717) is 18.2 Å². The number of rotatable bonds is 3. The summed E-state index contributed by atoms with van der Waals surface area (Å²) in [6, 6.07) is 7.80. The molecule has 2 heterocycles. The lowest BCUT2D eigenvalue weighted by atomic mass is 10.2. The Morgan fingerprint density at radius 1 is 1.50 bits per heavy atom. The summed E-state index contributed by atoms with van der Waals surface area (Å²) in [5.41, 5.74) is 8.64. The molecule has 0 saturated carbocycles. The van der Waals surface area contributed by atoms with Crippen LogP contribution in [-0.2, 0) is 17.9 Å². The molecule has 1 aromatic heterocycles. The van der Waals surface area contributed by atoms with Crippen LogP contribution in [0.3, 0.4) is 0 Å². The number of carbonyl (C=O) groups excluding carboxylic acids is 1. The van der Waals surface area contributed by atoms with Gasteiger partial charge in [0.25, 0.3) is 0 Å². The van der Waals surface area contributed by atoms with Gasteiger partial charge in [-0.1, -0.05) is 12.1 Å². The molecule has 0 spiro atoms. The monoisotopic (exact) mass is 288 g/mol. The Kier molecular flexibility index (Phi) is 3.42. The fourth-order valence-corrected chi connectivity index (χ4v) is 3.24. The number of hydrogen-bond donors (Lipinski definition) is 2. The number of nitrogens with two attached hydrogens (primary N) is 1. The van der Waals surface area contributed by atoms with Crippen LogP contribution in [0.4, 0.5) is 10.8 Å². The zero-order chi connectivity index (χ0) is 14.1. The lowest BCUT2D eigenvalue weighted by Crippen LogP contribution is -2.29. The predicted octanol–water partition coefficient (Wildman–Crippen LogP) is 1.99. The summed E-state index contributed by atoms with van der Waals surface area (Å²) >= 11 is 1.51. The van der Waals surface area contributed by atoms with Crippen molar-refractivity contribution in [2.24, 2.45) is 0 Å². The van der Waals surface area contributed by atoms with Crippen LogP contribution in [0.5, 0.6) is 0 Å². The van der Waals surface area contributed by atoms with E-state index in [1.807, 2.05) is 31.2 Å². The highest BCUT2D eigenvalue weighted by Gasteiger charge is 2.24.